The van der Waals surface area contributed by atoms with E-state index in [1.165, 1.54) is 231 Å². The lowest BCUT2D eigenvalue weighted by molar-refractivity contribution is -0.167. The van der Waals surface area contributed by atoms with Crippen molar-refractivity contribution in [2.75, 3.05) is 13.2 Å². The van der Waals surface area contributed by atoms with Crippen molar-refractivity contribution in [3.63, 3.8) is 0 Å². The molecular formula is C71H128O6. The van der Waals surface area contributed by atoms with Crippen LogP contribution in [0.3, 0.4) is 0 Å². The van der Waals surface area contributed by atoms with Crippen molar-refractivity contribution in [3.05, 3.63) is 60.8 Å². The van der Waals surface area contributed by atoms with E-state index in [9.17, 15) is 14.4 Å². The average molecular weight is 1080 g/mol. The average Bonchev–Trinajstić information content (AvgIpc) is 3.43. The zero-order chi connectivity index (χ0) is 55.7. The summed E-state index contributed by atoms with van der Waals surface area (Å²) in [7, 11) is 0. The first kappa shape index (κ1) is 74.1. The van der Waals surface area contributed by atoms with Gasteiger partial charge >= 0.3 is 17.9 Å². The normalized spacial score (nSPS) is 12.4. The van der Waals surface area contributed by atoms with Crippen LogP contribution in [0.2, 0.25) is 0 Å². The van der Waals surface area contributed by atoms with Crippen LogP contribution < -0.4 is 0 Å². The van der Waals surface area contributed by atoms with Crippen molar-refractivity contribution in [1.29, 1.82) is 0 Å². The highest BCUT2D eigenvalue weighted by Gasteiger charge is 2.19. The molecule has 0 aromatic carbocycles. The van der Waals surface area contributed by atoms with Gasteiger partial charge in [-0.15, -0.1) is 0 Å². The van der Waals surface area contributed by atoms with Gasteiger partial charge in [-0.1, -0.05) is 313 Å². The van der Waals surface area contributed by atoms with Gasteiger partial charge in [-0.3, -0.25) is 14.4 Å². The van der Waals surface area contributed by atoms with E-state index >= 15 is 0 Å². The molecule has 6 heteroatoms. The molecular weight excluding hydrogens is 949 g/mol. The van der Waals surface area contributed by atoms with Gasteiger partial charge in [0.1, 0.15) is 13.2 Å². The first-order chi connectivity index (χ1) is 38.0. The van der Waals surface area contributed by atoms with Crippen LogP contribution in [0.15, 0.2) is 60.8 Å². The molecule has 0 spiro atoms. The van der Waals surface area contributed by atoms with Crippen LogP contribution in [-0.2, 0) is 28.6 Å². The molecule has 0 amide bonds. The Kier molecular flexibility index (Phi) is 63.2. The molecule has 0 aromatic heterocycles. The maximum absolute atomic E-state index is 12.9. The molecule has 77 heavy (non-hydrogen) atoms. The zero-order valence-electron chi connectivity index (χ0n) is 51.5. The quantitative estimate of drug-likeness (QED) is 0.0261. The largest absolute Gasteiger partial charge is 0.462 e. The second-order valence-corrected chi connectivity index (χ2v) is 22.7. The first-order valence-electron chi connectivity index (χ1n) is 33.8. The van der Waals surface area contributed by atoms with Crippen molar-refractivity contribution < 1.29 is 28.6 Å². The minimum Gasteiger partial charge on any atom is -0.462 e. The predicted molar refractivity (Wildman–Crippen MR) is 335 cm³/mol. The Morgan fingerprint density at radius 3 is 0.805 bits per heavy atom. The molecule has 6 nitrogen and oxygen atoms in total. The molecule has 0 aliphatic carbocycles. The van der Waals surface area contributed by atoms with Crippen LogP contribution in [0.4, 0.5) is 0 Å². The lowest BCUT2D eigenvalue weighted by Gasteiger charge is -2.18. The van der Waals surface area contributed by atoms with E-state index in [0.717, 1.165) is 83.5 Å². The monoisotopic (exact) mass is 1080 g/mol. The lowest BCUT2D eigenvalue weighted by atomic mass is 10.0. The fourth-order valence-corrected chi connectivity index (χ4v) is 9.96. The lowest BCUT2D eigenvalue weighted by Crippen LogP contribution is -2.30. The number of ether oxygens (including phenoxy) is 3. The number of carbonyl (C=O) groups excluding carboxylic acids is 3. The Bertz CT molecular complexity index is 1380. The van der Waals surface area contributed by atoms with Crippen LogP contribution in [0.25, 0.3) is 0 Å². The highest BCUT2D eigenvalue weighted by Crippen LogP contribution is 2.18. The zero-order valence-corrected chi connectivity index (χ0v) is 51.5. The molecule has 0 radical (unpaired) electrons. The minimum atomic E-state index is -0.775. The van der Waals surface area contributed by atoms with E-state index in [2.05, 4.69) is 81.5 Å². The summed E-state index contributed by atoms with van der Waals surface area (Å²) < 4.78 is 17.0. The van der Waals surface area contributed by atoms with Crippen LogP contribution in [0.1, 0.15) is 355 Å². The molecule has 0 heterocycles. The topological polar surface area (TPSA) is 78.9 Å². The van der Waals surface area contributed by atoms with E-state index in [4.69, 9.17) is 14.2 Å². The minimum absolute atomic E-state index is 0.0707. The maximum Gasteiger partial charge on any atom is 0.306 e. The molecule has 448 valence electrons. The van der Waals surface area contributed by atoms with Gasteiger partial charge in [-0.2, -0.15) is 0 Å². The van der Waals surface area contributed by atoms with Gasteiger partial charge in [0, 0.05) is 19.3 Å². The Labute approximate surface area is 479 Å². The van der Waals surface area contributed by atoms with E-state index < -0.39 is 6.10 Å². The molecule has 0 bridgehead atoms. The number of unbranched alkanes of at least 4 members (excludes halogenated alkanes) is 41. The molecule has 0 aliphatic rings. The molecule has 0 rings (SSSR count). The highest BCUT2D eigenvalue weighted by molar-refractivity contribution is 5.71. The van der Waals surface area contributed by atoms with Gasteiger partial charge in [0.15, 0.2) is 6.10 Å². The summed E-state index contributed by atoms with van der Waals surface area (Å²) in [6.45, 7) is 6.58. The molecule has 1 atom stereocenters. The van der Waals surface area contributed by atoms with E-state index in [1.807, 2.05) is 0 Å². The smallest absolute Gasteiger partial charge is 0.306 e. The molecule has 0 aliphatic heterocycles. The number of carbonyl (C=O) groups is 3. The number of hydrogen-bond acceptors (Lipinski definition) is 6. The molecule has 1 unspecified atom stereocenters. The Morgan fingerprint density at radius 2 is 0.506 bits per heavy atom. The van der Waals surface area contributed by atoms with Crippen molar-refractivity contribution >= 4 is 17.9 Å². The Morgan fingerprint density at radius 1 is 0.273 bits per heavy atom. The standard InChI is InChI=1S/C71H128O6/c1-4-7-10-13-16-19-22-25-28-30-32-33-34-35-36-37-39-40-43-46-49-52-55-58-61-64-70(73)76-67-68(66-75-69(72)63-60-57-54-51-48-45-42-27-24-21-18-15-12-9-6-3)77-71(74)65-62-59-56-53-50-47-44-41-38-31-29-26-23-20-17-14-11-8-5-2/h7,10,16,19,25-26,28-29,32-33,68H,4-6,8-9,11-15,17-18,20-24,27,30-31,34-67H2,1-3H3/b10-7-,19-16-,28-25-,29-26-,33-32-. The Hall–Kier alpha value is -2.89. The van der Waals surface area contributed by atoms with Gasteiger partial charge in [0.25, 0.3) is 0 Å². The number of allylic oxidation sites excluding steroid dienone is 10. The van der Waals surface area contributed by atoms with Gasteiger partial charge in [0.05, 0.1) is 0 Å². The molecule has 0 aromatic rings. The first-order valence-corrected chi connectivity index (χ1v) is 33.8. The number of rotatable bonds is 62. The summed E-state index contributed by atoms with van der Waals surface area (Å²) in [6.07, 6.45) is 83.7. The SMILES string of the molecule is CC/C=C\C/C=C\C/C=C\C/C=C\CCCCCCCCCCCCCCC(=O)OCC(COC(=O)CCCCCCCCCCCCCCCCC)OC(=O)CCCCCCCCCCC/C=C\CCCCCCCC. The molecule has 0 fully saturated rings. The Balaban J connectivity index is 4.30. The van der Waals surface area contributed by atoms with Gasteiger partial charge in [0.2, 0.25) is 0 Å². The number of esters is 3. The predicted octanol–water partition coefficient (Wildman–Crippen LogP) is 23.1. The summed E-state index contributed by atoms with van der Waals surface area (Å²) in [5.41, 5.74) is 0. The van der Waals surface area contributed by atoms with E-state index in [1.54, 1.807) is 0 Å². The summed E-state index contributed by atoms with van der Waals surface area (Å²) in [6, 6.07) is 0. The van der Waals surface area contributed by atoms with Crippen LogP contribution in [-0.4, -0.2) is 37.2 Å². The fourth-order valence-electron chi connectivity index (χ4n) is 9.96. The third kappa shape index (κ3) is 63.8. The van der Waals surface area contributed by atoms with Crippen molar-refractivity contribution in [2.24, 2.45) is 0 Å². The van der Waals surface area contributed by atoms with Crippen LogP contribution in [0.5, 0.6) is 0 Å². The van der Waals surface area contributed by atoms with Gasteiger partial charge < -0.3 is 14.2 Å². The third-order valence-electron chi connectivity index (χ3n) is 15.0. The number of hydrogen-bond donors (Lipinski definition) is 0. The highest BCUT2D eigenvalue weighted by atomic mass is 16.6. The summed E-state index contributed by atoms with van der Waals surface area (Å²) >= 11 is 0. The fraction of sp³-hybridized carbons (Fsp3) is 0.817. The van der Waals surface area contributed by atoms with Crippen LogP contribution >= 0.6 is 0 Å². The van der Waals surface area contributed by atoms with Gasteiger partial charge in [-0.05, 0) is 83.5 Å². The summed E-state index contributed by atoms with van der Waals surface area (Å²) in [4.78, 5) is 38.4. The maximum atomic E-state index is 12.9. The molecule has 0 N–H and O–H groups in total. The van der Waals surface area contributed by atoms with Crippen LogP contribution in [0, 0.1) is 0 Å². The van der Waals surface area contributed by atoms with Gasteiger partial charge in [-0.25, -0.2) is 0 Å². The third-order valence-corrected chi connectivity index (χ3v) is 15.0. The second-order valence-electron chi connectivity index (χ2n) is 22.7. The van der Waals surface area contributed by atoms with Crippen molar-refractivity contribution in [2.45, 2.75) is 361 Å². The van der Waals surface area contributed by atoms with E-state index in [0.29, 0.717) is 19.3 Å². The van der Waals surface area contributed by atoms with Crippen molar-refractivity contribution in [3.8, 4) is 0 Å². The summed E-state index contributed by atoms with van der Waals surface area (Å²) in [5.74, 6) is -0.852. The van der Waals surface area contributed by atoms with E-state index in [-0.39, 0.29) is 31.1 Å². The second kappa shape index (κ2) is 65.6. The molecule has 0 saturated carbocycles. The van der Waals surface area contributed by atoms with Crippen molar-refractivity contribution in [1.82, 2.24) is 0 Å². The summed E-state index contributed by atoms with van der Waals surface area (Å²) in [5, 5.41) is 0. The molecule has 0 saturated heterocycles.